The van der Waals surface area contributed by atoms with E-state index >= 15 is 0 Å². The number of carbonyl (C=O) groups excluding carboxylic acids is 2. The number of benzene rings is 2. The first-order valence-corrected chi connectivity index (χ1v) is 20.7. The lowest BCUT2D eigenvalue weighted by Crippen LogP contribution is -2.54. The van der Waals surface area contributed by atoms with Crippen LogP contribution in [0, 0.1) is 13.8 Å². The minimum atomic E-state index is -0.961. The van der Waals surface area contributed by atoms with Crippen LogP contribution in [0.25, 0.3) is 11.1 Å². The summed E-state index contributed by atoms with van der Waals surface area (Å²) in [5.41, 5.74) is 3.26. The molecule has 55 heavy (non-hydrogen) atoms. The number of aromatic nitrogens is 2. The second kappa shape index (κ2) is 15.4. The molecule has 0 saturated carbocycles. The van der Waals surface area contributed by atoms with Crippen molar-refractivity contribution in [2.75, 3.05) is 29.9 Å². The van der Waals surface area contributed by atoms with Crippen LogP contribution in [-0.2, 0) is 29.1 Å². The first kappa shape index (κ1) is 39.0. The van der Waals surface area contributed by atoms with Crippen LogP contribution >= 0.6 is 34.3 Å². The number of anilines is 2. The molecule has 2 aromatic heterocycles. The van der Waals surface area contributed by atoms with Crippen LogP contribution in [0.4, 0.5) is 11.4 Å². The topological polar surface area (TPSA) is 156 Å². The zero-order valence-corrected chi connectivity index (χ0v) is 33.8. The molecule has 2 saturated heterocycles. The number of nitrogens with one attached hydrogen (secondary N) is 1. The lowest BCUT2D eigenvalue weighted by molar-refractivity contribution is -0.154. The molecule has 12 nitrogen and oxygen atoms in total. The van der Waals surface area contributed by atoms with Crippen molar-refractivity contribution >= 4 is 69.4 Å². The smallest absolute Gasteiger partial charge is 0.323 e. The number of thiazole rings is 2. The molecule has 2 amide bonds. The highest BCUT2D eigenvalue weighted by Gasteiger charge is 2.43. The Balaban J connectivity index is 1.08. The molecule has 2 fully saturated rings. The summed E-state index contributed by atoms with van der Waals surface area (Å²) in [5.74, 6) is -2.28. The van der Waals surface area contributed by atoms with Crippen molar-refractivity contribution < 1.29 is 29.4 Å². The van der Waals surface area contributed by atoms with Gasteiger partial charge in [0, 0.05) is 40.6 Å². The Labute approximate surface area is 333 Å². The predicted octanol–water partition coefficient (Wildman–Crippen LogP) is 7.65. The number of likely N-dealkylation sites (tertiary alicyclic amines) is 2. The van der Waals surface area contributed by atoms with Gasteiger partial charge in [0.25, 0.3) is 11.8 Å². The minimum Gasteiger partial charge on any atom is -0.480 e. The van der Waals surface area contributed by atoms with Crippen molar-refractivity contribution in [3.8, 4) is 11.1 Å². The summed E-state index contributed by atoms with van der Waals surface area (Å²) in [6, 6.07) is 11.2. The molecule has 3 aliphatic heterocycles. The van der Waals surface area contributed by atoms with Crippen molar-refractivity contribution in [1.82, 2.24) is 19.8 Å². The van der Waals surface area contributed by atoms with Gasteiger partial charge in [0.1, 0.15) is 11.1 Å². The van der Waals surface area contributed by atoms with Gasteiger partial charge in [-0.3, -0.25) is 29.0 Å². The highest BCUT2D eigenvalue weighted by Crippen LogP contribution is 2.42. The fourth-order valence-electron chi connectivity index (χ4n) is 8.06. The molecule has 7 rings (SSSR count). The summed E-state index contributed by atoms with van der Waals surface area (Å²) in [6.45, 7) is 9.89. The Morgan fingerprint density at radius 3 is 1.93 bits per heavy atom. The SMILES string of the molecule is Cc1nc(C(=O)Nc2cccc(-c3cccc4c3CCN4C(=O)c3nc(C)c(CN4CCCC[C@]4(C)C(=O)O)s3)c2Cl)sc1CN1CCCC[C@]1(C)C(=O)O. The first-order valence-electron chi connectivity index (χ1n) is 18.6. The highest BCUT2D eigenvalue weighted by molar-refractivity contribution is 7.14. The molecule has 0 aliphatic carbocycles. The highest BCUT2D eigenvalue weighted by atomic mass is 35.5. The van der Waals surface area contributed by atoms with Crippen molar-refractivity contribution in [2.45, 2.75) is 96.8 Å². The Hall–Kier alpha value is -4.21. The average molecular weight is 805 g/mol. The maximum Gasteiger partial charge on any atom is 0.323 e. The second-order valence-corrected chi connectivity index (χ2v) is 17.6. The Morgan fingerprint density at radius 1 is 0.782 bits per heavy atom. The number of halogens is 1. The summed E-state index contributed by atoms with van der Waals surface area (Å²) in [7, 11) is 0. The number of nitrogens with zero attached hydrogens (tertiary/aromatic N) is 5. The van der Waals surface area contributed by atoms with E-state index in [1.807, 2.05) is 54.0 Å². The fraction of sp³-hybridized carbons (Fsp3) is 0.450. The predicted molar refractivity (Wildman–Crippen MR) is 215 cm³/mol. The van der Waals surface area contributed by atoms with Crippen LogP contribution in [0.1, 0.15) is 98.7 Å². The zero-order chi connectivity index (χ0) is 39.2. The van der Waals surface area contributed by atoms with E-state index in [0.717, 1.165) is 63.5 Å². The number of amides is 2. The largest absolute Gasteiger partial charge is 0.480 e. The third-order valence-corrected chi connectivity index (χ3v) is 14.3. The number of carbonyl (C=O) groups is 4. The van der Waals surface area contributed by atoms with Gasteiger partial charge in [0.15, 0.2) is 10.0 Å². The molecular weight excluding hydrogens is 760 g/mol. The number of carboxylic acid groups (broad SMARTS) is 2. The maximum atomic E-state index is 14.0. The van der Waals surface area contributed by atoms with Gasteiger partial charge in [-0.25, -0.2) is 9.97 Å². The van der Waals surface area contributed by atoms with Crippen LogP contribution in [0.5, 0.6) is 0 Å². The standard InChI is InChI=1S/C40H45ClN6O6S2/c1-23-30(21-45-18-7-5-16-39(45,3)37(50)51)54-34(42-23)33(48)44-28-13-9-12-27(32(28)41)25-11-10-14-29-26(25)15-20-47(29)36(49)35-43-24(2)31(55-35)22-46-19-8-6-17-40(46,4)38(52)53/h9-14H,5-8,15-22H2,1-4H3,(H,44,48)(H,50,51)(H,52,53)/t39-,40-/m1/s1. The van der Waals surface area contributed by atoms with Gasteiger partial charge >= 0.3 is 11.9 Å². The fourth-order valence-corrected chi connectivity index (χ4v) is 10.3. The van der Waals surface area contributed by atoms with Gasteiger partial charge in [-0.05, 0) is 109 Å². The number of piperidine rings is 2. The van der Waals surface area contributed by atoms with Crippen LogP contribution < -0.4 is 10.2 Å². The van der Waals surface area contributed by atoms with Gasteiger partial charge in [-0.1, -0.05) is 35.9 Å². The van der Waals surface area contributed by atoms with Crippen molar-refractivity contribution in [2.24, 2.45) is 0 Å². The normalized spacial score (nSPS) is 21.7. The van der Waals surface area contributed by atoms with Crippen LogP contribution in [0.3, 0.4) is 0 Å². The molecule has 4 aromatic rings. The molecule has 0 unspecified atom stereocenters. The van der Waals surface area contributed by atoms with Gasteiger partial charge in [-0.2, -0.15) is 0 Å². The van der Waals surface area contributed by atoms with Crippen LogP contribution in [-0.4, -0.2) is 84.4 Å². The van der Waals surface area contributed by atoms with Gasteiger partial charge in [0.2, 0.25) is 0 Å². The van der Waals surface area contributed by atoms with E-state index in [-0.39, 0.29) is 10.9 Å². The number of aryl methyl sites for hydroxylation is 2. The monoisotopic (exact) mass is 804 g/mol. The summed E-state index contributed by atoms with van der Waals surface area (Å²) in [6.07, 6.45) is 5.35. The van der Waals surface area contributed by atoms with E-state index in [1.54, 1.807) is 24.8 Å². The third-order valence-electron chi connectivity index (χ3n) is 11.6. The summed E-state index contributed by atoms with van der Waals surface area (Å²) in [5, 5.41) is 23.9. The number of fused-ring (bicyclic) bond motifs is 1. The Kier molecular flexibility index (Phi) is 10.9. The molecule has 3 aliphatic rings. The number of hydrogen-bond acceptors (Lipinski definition) is 10. The van der Waals surface area contributed by atoms with Crippen molar-refractivity contribution in [3.05, 3.63) is 78.1 Å². The Morgan fingerprint density at radius 2 is 1.33 bits per heavy atom. The molecular formula is C40H45ClN6O6S2. The molecule has 0 bridgehead atoms. The number of rotatable bonds is 10. The Bertz CT molecular complexity index is 2190. The van der Waals surface area contributed by atoms with E-state index in [0.29, 0.717) is 73.4 Å². The maximum absolute atomic E-state index is 14.0. The minimum absolute atomic E-state index is 0.201. The van der Waals surface area contributed by atoms with Gasteiger partial charge < -0.3 is 20.4 Å². The first-order chi connectivity index (χ1) is 26.2. The summed E-state index contributed by atoms with van der Waals surface area (Å²) in [4.78, 5) is 68.5. The molecule has 3 N–H and O–H groups in total. The molecule has 290 valence electrons. The van der Waals surface area contributed by atoms with E-state index < -0.39 is 28.9 Å². The van der Waals surface area contributed by atoms with Gasteiger partial charge in [0.05, 0.1) is 22.1 Å². The molecule has 2 aromatic carbocycles. The molecule has 0 radical (unpaired) electrons. The third kappa shape index (κ3) is 7.30. The lowest BCUT2D eigenvalue weighted by Gasteiger charge is -2.41. The molecule has 2 atom stereocenters. The summed E-state index contributed by atoms with van der Waals surface area (Å²) < 4.78 is 0. The zero-order valence-electron chi connectivity index (χ0n) is 31.4. The van der Waals surface area contributed by atoms with Crippen molar-refractivity contribution in [1.29, 1.82) is 0 Å². The van der Waals surface area contributed by atoms with Crippen LogP contribution in [0.15, 0.2) is 36.4 Å². The quantitative estimate of drug-likeness (QED) is 0.146. The molecule has 5 heterocycles. The summed E-state index contributed by atoms with van der Waals surface area (Å²) >= 11 is 9.60. The average Bonchev–Trinajstić information content (AvgIpc) is 3.87. The van der Waals surface area contributed by atoms with E-state index in [4.69, 9.17) is 11.6 Å². The van der Waals surface area contributed by atoms with E-state index in [1.165, 1.54) is 22.7 Å². The lowest BCUT2D eigenvalue weighted by atomic mass is 9.88. The van der Waals surface area contributed by atoms with Crippen LogP contribution in [0.2, 0.25) is 5.02 Å². The molecule has 15 heteroatoms. The second-order valence-electron chi connectivity index (χ2n) is 15.1. The van der Waals surface area contributed by atoms with Crippen molar-refractivity contribution in [3.63, 3.8) is 0 Å². The van der Waals surface area contributed by atoms with E-state index in [9.17, 15) is 29.4 Å². The number of carboxylic acids is 2. The number of aliphatic carboxylic acids is 2. The van der Waals surface area contributed by atoms with E-state index in [2.05, 4.69) is 15.3 Å². The molecule has 0 spiro atoms. The number of hydrogen-bond donors (Lipinski definition) is 3. The van der Waals surface area contributed by atoms with Gasteiger partial charge in [-0.15, -0.1) is 22.7 Å².